The van der Waals surface area contributed by atoms with Crippen LogP contribution in [-0.4, -0.2) is 25.9 Å². The van der Waals surface area contributed by atoms with Gasteiger partial charge in [0, 0.05) is 17.3 Å². The number of nitrogens with zero attached hydrogens (tertiary/aromatic N) is 4. The Morgan fingerprint density at radius 1 is 1.22 bits per heavy atom. The summed E-state index contributed by atoms with van der Waals surface area (Å²) in [5.41, 5.74) is -0.988. The van der Waals surface area contributed by atoms with Crippen molar-refractivity contribution in [2.24, 2.45) is 0 Å². The fourth-order valence-electron chi connectivity index (χ4n) is 2.20. The molecule has 0 saturated heterocycles. The monoisotopic (exact) mass is 415 g/mol. The molecule has 27 heavy (non-hydrogen) atoms. The summed E-state index contributed by atoms with van der Waals surface area (Å²) in [5.74, 6) is -0.338. The molecule has 0 saturated carbocycles. The molecule has 3 rings (SSSR count). The van der Waals surface area contributed by atoms with E-state index < -0.39 is 22.7 Å². The van der Waals surface area contributed by atoms with E-state index in [-0.39, 0.29) is 12.1 Å². The molecule has 0 radical (unpaired) electrons. The molecule has 1 N–H and O–H groups in total. The zero-order valence-corrected chi connectivity index (χ0v) is 14.8. The molecule has 0 spiro atoms. The SMILES string of the molecule is O=C(NCc1cn(-c2cc(Cl)ccn2)nn1)c1cccc(C(F)(F)F)c1Cl. The number of amides is 1. The maximum Gasteiger partial charge on any atom is 0.417 e. The molecule has 11 heteroatoms. The summed E-state index contributed by atoms with van der Waals surface area (Å²) in [5, 5.41) is 9.99. The molecule has 2 aromatic heterocycles. The van der Waals surface area contributed by atoms with Crippen molar-refractivity contribution in [2.45, 2.75) is 12.7 Å². The highest BCUT2D eigenvalue weighted by molar-refractivity contribution is 6.34. The first-order valence-electron chi connectivity index (χ1n) is 7.43. The molecule has 0 unspecified atom stereocenters. The van der Waals surface area contributed by atoms with Gasteiger partial charge in [-0.2, -0.15) is 13.2 Å². The van der Waals surface area contributed by atoms with Crippen LogP contribution in [0, 0.1) is 0 Å². The van der Waals surface area contributed by atoms with E-state index in [1.807, 2.05) is 0 Å². The summed E-state index contributed by atoms with van der Waals surface area (Å²) in [6.45, 7) is -0.0635. The summed E-state index contributed by atoms with van der Waals surface area (Å²) in [7, 11) is 0. The minimum absolute atomic E-state index is 0.0635. The standard InChI is InChI=1S/C16H10Cl2F3N5O/c17-9-4-5-22-13(6-9)26-8-10(24-25-26)7-23-15(27)11-2-1-3-12(14(11)18)16(19,20)21/h1-6,8H,7H2,(H,23,27). The van der Waals surface area contributed by atoms with Crippen molar-refractivity contribution in [3.8, 4) is 5.82 Å². The lowest BCUT2D eigenvalue weighted by atomic mass is 10.1. The van der Waals surface area contributed by atoms with Crippen LogP contribution in [-0.2, 0) is 12.7 Å². The number of halogens is 5. The number of hydrogen-bond donors (Lipinski definition) is 1. The van der Waals surface area contributed by atoms with Gasteiger partial charge in [-0.05, 0) is 18.2 Å². The van der Waals surface area contributed by atoms with Gasteiger partial charge >= 0.3 is 6.18 Å². The Kier molecular flexibility index (Phi) is 5.33. The summed E-state index contributed by atoms with van der Waals surface area (Å²) < 4.78 is 40.0. The van der Waals surface area contributed by atoms with Crippen molar-refractivity contribution in [3.05, 3.63) is 69.6 Å². The first-order valence-corrected chi connectivity index (χ1v) is 8.18. The average molecular weight is 416 g/mol. The van der Waals surface area contributed by atoms with Crippen molar-refractivity contribution in [2.75, 3.05) is 0 Å². The predicted octanol–water partition coefficient (Wildman–Crippen LogP) is 3.92. The minimum Gasteiger partial charge on any atom is -0.346 e. The minimum atomic E-state index is -4.65. The van der Waals surface area contributed by atoms with Gasteiger partial charge in [0.15, 0.2) is 5.82 Å². The maximum atomic E-state index is 12.9. The van der Waals surface area contributed by atoms with Crippen LogP contribution in [0.3, 0.4) is 0 Å². The van der Waals surface area contributed by atoms with E-state index in [0.29, 0.717) is 16.5 Å². The fourth-order valence-corrected chi connectivity index (χ4v) is 2.68. The Morgan fingerprint density at radius 3 is 2.70 bits per heavy atom. The van der Waals surface area contributed by atoms with Gasteiger partial charge in [-0.1, -0.05) is 34.5 Å². The van der Waals surface area contributed by atoms with Crippen LogP contribution in [0.25, 0.3) is 5.82 Å². The van der Waals surface area contributed by atoms with Gasteiger partial charge in [-0.15, -0.1) is 5.10 Å². The molecule has 0 bridgehead atoms. The normalized spacial score (nSPS) is 11.4. The van der Waals surface area contributed by atoms with Crippen LogP contribution in [0.5, 0.6) is 0 Å². The summed E-state index contributed by atoms with van der Waals surface area (Å²) >= 11 is 11.6. The van der Waals surface area contributed by atoms with Gasteiger partial charge in [-0.3, -0.25) is 4.79 Å². The lowest BCUT2D eigenvalue weighted by Gasteiger charge is -2.12. The van der Waals surface area contributed by atoms with Gasteiger partial charge in [0.2, 0.25) is 0 Å². The highest BCUT2D eigenvalue weighted by atomic mass is 35.5. The lowest BCUT2D eigenvalue weighted by molar-refractivity contribution is -0.137. The van der Waals surface area contributed by atoms with Crippen LogP contribution >= 0.6 is 23.2 Å². The molecule has 1 amide bonds. The molecular formula is C16H10Cl2F3N5O. The third-order valence-corrected chi connectivity index (χ3v) is 4.10. The quantitative estimate of drug-likeness (QED) is 0.700. The second kappa shape index (κ2) is 7.53. The molecule has 0 aliphatic carbocycles. The van der Waals surface area contributed by atoms with E-state index in [9.17, 15) is 18.0 Å². The van der Waals surface area contributed by atoms with Crippen molar-refractivity contribution < 1.29 is 18.0 Å². The van der Waals surface area contributed by atoms with E-state index in [4.69, 9.17) is 23.2 Å². The van der Waals surface area contributed by atoms with Crippen molar-refractivity contribution >= 4 is 29.1 Å². The summed E-state index contributed by atoms with van der Waals surface area (Å²) in [6.07, 6.45) is -1.65. The number of alkyl halides is 3. The molecule has 0 atom stereocenters. The largest absolute Gasteiger partial charge is 0.417 e. The van der Waals surface area contributed by atoms with Gasteiger partial charge in [0.1, 0.15) is 5.69 Å². The number of benzene rings is 1. The zero-order chi connectivity index (χ0) is 19.6. The average Bonchev–Trinajstić information content (AvgIpc) is 3.08. The Morgan fingerprint density at radius 2 is 2.00 bits per heavy atom. The molecule has 140 valence electrons. The van der Waals surface area contributed by atoms with E-state index in [1.165, 1.54) is 23.1 Å². The van der Waals surface area contributed by atoms with Crippen molar-refractivity contribution in [1.82, 2.24) is 25.3 Å². The van der Waals surface area contributed by atoms with Crippen LogP contribution in [0.4, 0.5) is 13.2 Å². The number of carbonyl (C=O) groups is 1. The molecule has 0 fully saturated rings. The summed E-state index contributed by atoms with van der Waals surface area (Å²) in [4.78, 5) is 16.3. The Labute approximate surface area is 160 Å². The molecule has 0 aliphatic rings. The lowest BCUT2D eigenvalue weighted by Crippen LogP contribution is -2.24. The van der Waals surface area contributed by atoms with E-state index in [2.05, 4.69) is 20.6 Å². The third kappa shape index (κ3) is 4.37. The molecular weight excluding hydrogens is 406 g/mol. The van der Waals surface area contributed by atoms with Crippen molar-refractivity contribution in [1.29, 1.82) is 0 Å². The molecule has 0 aliphatic heterocycles. The predicted molar refractivity (Wildman–Crippen MR) is 91.8 cm³/mol. The fraction of sp³-hybridized carbons (Fsp3) is 0.125. The number of hydrogen-bond acceptors (Lipinski definition) is 4. The first-order chi connectivity index (χ1) is 12.8. The molecule has 1 aromatic carbocycles. The topological polar surface area (TPSA) is 72.7 Å². The zero-order valence-electron chi connectivity index (χ0n) is 13.3. The number of carbonyl (C=O) groups excluding carboxylic acids is 1. The smallest absolute Gasteiger partial charge is 0.346 e. The number of pyridine rings is 1. The van der Waals surface area contributed by atoms with Gasteiger partial charge < -0.3 is 5.32 Å². The molecule has 6 nitrogen and oxygen atoms in total. The van der Waals surface area contributed by atoms with Crippen LogP contribution in [0.15, 0.2) is 42.7 Å². The number of aromatic nitrogens is 4. The Hall–Kier alpha value is -2.65. The number of rotatable bonds is 4. The second-order valence-electron chi connectivity index (χ2n) is 5.33. The van der Waals surface area contributed by atoms with Crippen LogP contribution in [0.1, 0.15) is 21.6 Å². The number of nitrogens with one attached hydrogen (secondary N) is 1. The second-order valence-corrected chi connectivity index (χ2v) is 6.15. The highest BCUT2D eigenvalue weighted by Gasteiger charge is 2.34. The summed E-state index contributed by atoms with van der Waals surface area (Å²) in [6, 6.07) is 6.30. The van der Waals surface area contributed by atoms with Gasteiger partial charge in [0.05, 0.1) is 28.9 Å². The third-order valence-electron chi connectivity index (χ3n) is 3.46. The Balaban J connectivity index is 1.72. The van der Waals surface area contributed by atoms with Crippen LogP contribution in [0.2, 0.25) is 10.0 Å². The maximum absolute atomic E-state index is 12.9. The van der Waals surface area contributed by atoms with E-state index in [1.54, 1.807) is 12.1 Å². The molecule has 2 heterocycles. The van der Waals surface area contributed by atoms with E-state index in [0.717, 1.165) is 12.1 Å². The molecule has 3 aromatic rings. The first kappa shape index (κ1) is 19.1. The van der Waals surface area contributed by atoms with Gasteiger partial charge in [-0.25, -0.2) is 9.67 Å². The Bertz CT molecular complexity index is 990. The van der Waals surface area contributed by atoms with Gasteiger partial charge in [0.25, 0.3) is 5.91 Å². The van der Waals surface area contributed by atoms with Crippen LogP contribution < -0.4 is 5.32 Å². The van der Waals surface area contributed by atoms with Crippen molar-refractivity contribution in [3.63, 3.8) is 0 Å². The highest BCUT2D eigenvalue weighted by Crippen LogP contribution is 2.36. The van der Waals surface area contributed by atoms with E-state index >= 15 is 0 Å².